The topological polar surface area (TPSA) is 68.0 Å². The van der Waals surface area contributed by atoms with Gasteiger partial charge >= 0.3 is 6.18 Å². The summed E-state index contributed by atoms with van der Waals surface area (Å²) in [6.45, 7) is 2.19. The van der Waals surface area contributed by atoms with Crippen molar-refractivity contribution in [2.24, 2.45) is 0 Å². The molecule has 3 heterocycles. The number of hydrogen-bond donors (Lipinski definition) is 1. The van der Waals surface area contributed by atoms with Crippen molar-refractivity contribution in [3.05, 3.63) is 34.2 Å². The predicted octanol–water partition coefficient (Wildman–Crippen LogP) is 2.52. The highest BCUT2D eigenvalue weighted by Crippen LogP contribution is 2.29. The number of hydrogen-bond acceptors (Lipinski definition) is 6. The summed E-state index contributed by atoms with van der Waals surface area (Å²) in [7, 11) is 0. The van der Waals surface area contributed by atoms with Crippen molar-refractivity contribution in [2.75, 3.05) is 5.32 Å². The lowest BCUT2D eigenvalue weighted by atomic mass is 10.3. The van der Waals surface area contributed by atoms with Crippen LogP contribution in [0.1, 0.15) is 16.3 Å². The lowest BCUT2D eigenvalue weighted by Crippen LogP contribution is -2.13. The lowest BCUT2D eigenvalue weighted by Gasteiger charge is -2.11. The third-order valence-corrected chi connectivity index (χ3v) is 3.75. The van der Waals surface area contributed by atoms with Crippen LogP contribution in [0.3, 0.4) is 0 Å². The molecule has 0 radical (unpaired) electrons. The molecular formula is C11H9F3N6S. The first kappa shape index (κ1) is 13.7. The van der Waals surface area contributed by atoms with Crippen LogP contribution in [0, 0.1) is 6.92 Å². The maximum atomic E-state index is 12.8. The number of anilines is 1. The zero-order valence-electron chi connectivity index (χ0n) is 10.7. The number of fused-ring (bicyclic) bond motifs is 1. The minimum Gasteiger partial charge on any atom is -0.365 e. The summed E-state index contributed by atoms with van der Waals surface area (Å²) in [6, 6.07) is 0.915. The van der Waals surface area contributed by atoms with Crippen LogP contribution in [0.5, 0.6) is 0 Å². The molecule has 0 bridgehead atoms. The monoisotopic (exact) mass is 314 g/mol. The molecule has 0 aromatic carbocycles. The van der Waals surface area contributed by atoms with Crippen molar-refractivity contribution >= 4 is 22.9 Å². The molecule has 0 fully saturated rings. The highest BCUT2D eigenvalue weighted by atomic mass is 32.1. The number of thiazole rings is 1. The maximum Gasteiger partial charge on any atom is 0.433 e. The van der Waals surface area contributed by atoms with Crippen LogP contribution in [0.2, 0.25) is 0 Å². The zero-order valence-corrected chi connectivity index (χ0v) is 11.5. The molecule has 0 aliphatic carbocycles. The van der Waals surface area contributed by atoms with Crippen LogP contribution < -0.4 is 5.32 Å². The van der Waals surface area contributed by atoms with E-state index in [9.17, 15) is 13.2 Å². The van der Waals surface area contributed by atoms with Gasteiger partial charge < -0.3 is 5.32 Å². The van der Waals surface area contributed by atoms with Crippen molar-refractivity contribution in [2.45, 2.75) is 19.6 Å². The molecule has 1 N–H and O–H groups in total. The smallest absolute Gasteiger partial charge is 0.365 e. The van der Waals surface area contributed by atoms with Crippen LogP contribution in [0.25, 0.3) is 5.78 Å². The van der Waals surface area contributed by atoms with Gasteiger partial charge in [-0.25, -0.2) is 9.97 Å². The Bertz CT molecular complexity index is 778. The van der Waals surface area contributed by atoms with E-state index >= 15 is 0 Å². The average molecular weight is 314 g/mol. The van der Waals surface area contributed by atoms with E-state index in [1.54, 1.807) is 5.51 Å². The summed E-state index contributed by atoms with van der Waals surface area (Å²) >= 11 is 1.43. The molecule has 0 amide bonds. The Hall–Kier alpha value is -2.23. The fourth-order valence-electron chi connectivity index (χ4n) is 1.75. The highest BCUT2D eigenvalue weighted by molar-refractivity contribution is 7.09. The third-order valence-electron chi connectivity index (χ3n) is 2.82. The summed E-state index contributed by atoms with van der Waals surface area (Å²) in [5, 5.41) is 6.79. The van der Waals surface area contributed by atoms with Crippen LogP contribution in [0.4, 0.5) is 19.0 Å². The fraction of sp³-hybridized carbons (Fsp3) is 0.273. The first-order chi connectivity index (χ1) is 9.95. The standard InChI is InChI=1S/C11H9F3N6S/c1-6-7(21-5-17-6)3-15-9-2-8(11(12,13)14)19-10-16-4-18-20(9)10/h2,4-5,15H,3H2,1H3. The summed E-state index contributed by atoms with van der Waals surface area (Å²) in [6.07, 6.45) is -3.38. The molecule has 6 nitrogen and oxygen atoms in total. The number of nitrogens with one attached hydrogen (secondary N) is 1. The van der Waals surface area contributed by atoms with E-state index in [1.807, 2.05) is 6.92 Å². The van der Waals surface area contributed by atoms with Gasteiger partial charge in [-0.1, -0.05) is 0 Å². The molecule has 10 heteroatoms. The Kier molecular flexibility index (Phi) is 3.24. The Morgan fingerprint density at radius 2 is 2.14 bits per heavy atom. The number of halogens is 3. The van der Waals surface area contributed by atoms with Gasteiger partial charge in [0.05, 0.1) is 17.7 Å². The van der Waals surface area contributed by atoms with Crippen molar-refractivity contribution in [3.8, 4) is 0 Å². The molecule has 0 unspecified atom stereocenters. The Morgan fingerprint density at radius 3 is 2.81 bits per heavy atom. The van der Waals surface area contributed by atoms with E-state index in [0.717, 1.165) is 23.0 Å². The van der Waals surface area contributed by atoms with Crippen LogP contribution >= 0.6 is 11.3 Å². The van der Waals surface area contributed by atoms with Gasteiger partial charge in [0.25, 0.3) is 5.78 Å². The van der Waals surface area contributed by atoms with E-state index in [0.29, 0.717) is 6.54 Å². The molecule has 0 aliphatic heterocycles. The second-order valence-corrected chi connectivity index (χ2v) is 5.15. The van der Waals surface area contributed by atoms with Crippen LogP contribution in [0.15, 0.2) is 17.9 Å². The molecule has 0 spiro atoms. The fourth-order valence-corrected chi connectivity index (χ4v) is 2.47. The molecule has 110 valence electrons. The predicted molar refractivity (Wildman–Crippen MR) is 70.0 cm³/mol. The SMILES string of the molecule is Cc1ncsc1CNc1cc(C(F)(F)F)nc2ncnn12. The number of aromatic nitrogens is 5. The van der Waals surface area contributed by atoms with E-state index in [4.69, 9.17) is 0 Å². The molecule has 0 aliphatic rings. The minimum atomic E-state index is -4.54. The second kappa shape index (κ2) is 4.95. The Morgan fingerprint density at radius 1 is 1.33 bits per heavy atom. The molecule has 0 saturated carbocycles. The van der Waals surface area contributed by atoms with Gasteiger partial charge in [-0.05, 0) is 6.92 Å². The summed E-state index contributed by atoms with van der Waals surface area (Å²) in [4.78, 5) is 12.2. The van der Waals surface area contributed by atoms with Crippen LogP contribution in [-0.2, 0) is 12.7 Å². The molecule has 3 rings (SSSR count). The number of alkyl halides is 3. The van der Waals surface area contributed by atoms with Crippen molar-refractivity contribution in [1.29, 1.82) is 0 Å². The van der Waals surface area contributed by atoms with Crippen molar-refractivity contribution in [3.63, 3.8) is 0 Å². The van der Waals surface area contributed by atoms with E-state index in [1.165, 1.54) is 15.9 Å². The van der Waals surface area contributed by atoms with Gasteiger partial charge in [-0.15, -0.1) is 11.3 Å². The molecule has 3 aromatic heterocycles. The zero-order chi connectivity index (χ0) is 15.0. The van der Waals surface area contributed by atoms with Crippen LogP contribution in [-0.4, -0.2) is 24.6 Å². The number of aryl methyl sites for hydroxylation is 1. The molecule has 0 atom stereocenters. The quantitative estimate of drug-likeness (QED) is 0.804. The van der Waals surface area contributed by atoms with Gasteiger partial charge in [0.1, 0.15) is 12.1 Å². The second-order valence-electron chi connectivity index (χ2n) is 4.21. The molecule has 21 heavy (non-hydrogen) atoms. The molecule has 3 aromatic rings. The van der Waals surface area contributed by atoms with Gasteiger partial charge in [0, 0.05) is 10.9 Å². The Labute approximate surface area is 120 Å². The first-order valence-electron chi connectivity index (χ1n) is 5.86. The van der Waals surface area contributed by atoms with Crippen molar-refractivity contribution < 1.29 is 13.2 Å². The highest BCUT2D eigenvalue weighted by Gasteiger charge is 2.34. The van der Waals surface area contributed by atoms with E-state index < -0.39 is 11.9 Å². The Balaban J connectivity index is 1.96. The summed E-state index contributed by atoms with van der Waals surface area (Å²) in [5.74, 6) is 0.0750. The summed E-state index contributed by atoms with van der Waals surface area (Å²) < 4.78 is 39.7. The maximum absolute atomic E-state index is 12.8. The molecule has 0 saturated heterocycles. The third kappa shape index (κ3) is 2.66. The van der Waals surface area contributed by atoms with Gasteiger partial charge in [0.2, 0.25) is 0 Å². The minimum absolute atomic E-state index is 0.103. The normalized spacial score (nSPS) is 12.0. The van der Waals surface area contributed by atoms with Crippen molar-refractivity contribution in [1.82, 2.24) is 24.6 Å². The number of nitrogens with zero attached hydrogens (tertiary/aromatic N) is 5. The van der Waals surface area contributed by atoms with Gasteiger partial charge in [-0.3, -0.25) is 0 Å². The largest absolute Gasteiger partial charge is 0.433 e. The lowest BCUT2D eigenvalue weighted by molar-refractivity contribution is -0.141. The van der Waals surface area contributed by atoms with E-state index in [2.05, 4.69) is 25.4 Å². The van der Waals surface area contributed by atoms with Gasteiger partial charge in [-0.2, -0.15) is 27.8 Å². The molecular weight excluding hydrogens is 305 g/mol. The number of rotatable bonds is 3. The summed E-state index contributed by atoms with van der Waals surface area (Å²) in [5.41, 5.74) is 1.52. The van der Waals surface area contributed by atoms with E-state index in [-0.39, 0.29) is 11.6 Å². The first-order valence-corrected chi connectivity index (χ1v) is 6.74. The average Bonchev–Trinajstić information content (AvgIpc) is 3.03. The van der Waals surface area contributed by atoms with Gasteiger partial charge in [0.15, 0.2) is 5.69 Å².